The van der Waals surface area contributed by atoms with Crippen LogP contribution in [0.2, 0.25) is 0 Å². The van der Waals surface area contributed by atoms with Crippen LogP contribution in [0.15, 0.2) is 89.9 Å². The quantitative estimate of drug-likeness (QED) is 0.441. The second kappa shape index (κ2) is 8.10. The number of rotatable bonds is 5. The molecule has 0 bridgehead atoms. The Balaban J connectivity index is 1.87. The molecule has 0 fully saturated rings. The minimum absolute atomic E-state index is 0.132. The average molecular weight is 377 g/mol. The molecule has 3 rings (SSSR count). The Bertz CT molecular complexity index is 810. The summed E-state index contributed by atoms with van der Waals surface area (Å²) in [6.07, 6.45) is 0.914. The van der Waals surface area contributed by atoms with Gasteiger partial charge in [-0.1, -0.05) is 0 Å². The van der Waals surface area contributed by atoms with E-state index in [1.54, 1.807) is 0 Å². The van der Waals surface area contributed by atoms with Crippen LogP contribution in [0, 0.1) is 0 Å². The molecule has 1 atom stereocenters. The van der Waals surface area contributed by atoms with Crippen LogP contribution in [-0.4, -0.2) is 20.6 Å². The molecule has 0 amide bonds. The van der Waals surface area contributed by atoms with Crippen molar-refractivity contribution < 1.29 is 0 Å². The van der Waals surface area contributed by atoms with E-state index in [1.165, 1.54) is 22.3 Å². The Labute approximate surface area is 152 Å². The monoisotopic (exact) mass is 378 g/mol. The van der Waals surface area contributed by atoms with E-state index in [1.807, 2.05) is 6.07 Å². The van der Waals surface area contributed by atoms with E-state index < -0.39 is 0 Å². The fourth-order valence-electron chi connectivity index (χ4n) is 2.75. The van der Waals surface area contributed by atoms with Crippen molar-refractivity contribution in [3.8, 4) is 0 Å². The maximum absolute atomic E-state index is 4.88. The maximum atomic E-state index is 4.88. The van der Waals surface area contributed by atoms with Gasteiger partial charge >= 0.3 is 152 Å². The molecular formula is C22H20NSe. The van der Waals surface area contributed by atoms with Crippen LogP contribution >= 0.6 is 0 Å². The van der Waals surface area contributed by atoms with Gasteiger partial charge < -0.3 is 0 Å². The molecule has 24 heavy (non-hydrogen) atoms. The average Bonchev–Trinajstić information content (AvgIpc) is 2.63. The van der Waals surface area contributed by atoms with Gasteiger partial charge in [0.1, 0.15) is 0 Å². The summed E-state index contributed by atoms with van der Waals surface area (Å²) in [6, 6.07) is 29.6. The SMILES string of the molecule is C[C@H](N=C([Se])c1ccccc1Cc1ccccc1)c1ccccc1. The second-order valence-corrected chi connectivity index (χ2v) is 6.65. The molecule has 0 saturated heterocycles. The van der Waals surface area contributed by atoms with E-state index in [9.17, 15) is 0 Å². The van der Waals surface area contributed by atoms with Crippen molar-refractivity contribution in [1.29, 1.82) is 0 Å². The molecule has 0 spiro atoms. The van der Waals surface area contributed by atoms with Gasteiger partial charge in [0, 0.05) is 0 Å². The molecule has 0 saturated carbocycles. The van der Waals surface area contributed by atoms with Crippen molar-refractivity contribution in [1.82, 2.24) is 0 Å². The first-order valence-electron chi connectivity index (χ1n) is 8.16. The predicted octanol–water partition coefficient (Wildman–Crippen LogP) is 4.95. The van der Waals surface area contributed by atoms with Crippen LogP contribution in [0.1, 0.15) is 35.2 Å². The number of hydrogen-bond donors (Lipinski definition) is 0. The standard InChI is InChI=1S/C22H20NSe/c1-17(19-12-6-3-7-13-19)23-22(24)21-15-9-8-14-20(21)16-18-10-4-2-5-11-18/h2-15,17H,16H2,1H3/t17-/m0/s1. The summed E-state index contributed by atoms with van der Waals surface area (Å²) < 4.78 is 0.970. The van der Waals surface area contributed by atoms with Gasteiger partial charge in [0.2, 0.25) is 0 Å². The third-order valence-corrected chi connectivity index (χ3v) is 4.76. The summed E-state index contributed by atoms with van der Waals surface area (Å²) in [5.74, 6) is 0. The molecule has 0 aliphatic carbocycles. The molecule has 1 nitrogen and oxygen atoms in total. The van der Waals surface area contributed by atoms with Crippen molar-refractivity contribution in [2.45, 2.75) is 19.4 Å². The molecule has 3 aromatic rings. The van der Waals surface area contributed by atoms with Crippen molar-refractivity contribution in [3.05, 3.63) is 107 Å². The summed E-state index contributed by atoms with van der Waals surface area (Å²) in [5.41, 5.74) is 5.02. The fourth-order valence-corrected chi connectivity index (χ4v) is 3.50. The molecule has 1 radical (unpaired) electrons. The predicted molar refractivity (Wildman–Crippen MR) is 103 cm³/mol. The van der Waals surface area contributed by atoms with Gasteiger partial charge in [0.25, 0.3) is 0 Å². The van der Waals surface area contributed by atoms with Crippen LogP contribution in [0.3, 0.4) is 0 Å². The Morgan fingerprint density at radius 2 is 1.42 bits per heavy atom. The van der Waals surface area contributed by atoms with E-state index in [4.69, 9.17) is 4.99 Å². The van der Waals surface area contributed by atoms with Gasteiger partial charge in [0.15, 0.2) is 0 Å². The third-order valence-electron chi connectivity index (χ3n) is 4.08. The molecule has 0 heterocycles. The molecule has 0 aliphatic rings. The van der Waals surface area contributed by atoms with Crippen molar-refractivity contribution in [3.63, 3.8) is 0 Å². The zero-order valence-electron chi connectivity index (χ0n) is 13.7. The first-order valence-corrected chi connectivity index (χ1v) is 9.01. The van der Waals surface area contributed by atoms with Crippen LogP contribution in [0.5, 0.6) is 0 Å². The van der Waals surface area contributed by atoms with Gasteiger partial charge in [-0.3, -0.25) is 0 Å². The summed E-state index contributed by atoms with van der Waals surface area (Å²) in [7, 11) is 0. The van der Waals surface area contributed by atoms with E-state index in [0.29, 0.717) is 0 Å². The van der Waals surface area contributed by atoms with Crippen LogP contribution in [0.25, 0.3) is 0 Å². The van der Waals surface area contributed by atoms with Crippen LogP contribution in [-0.2, 0) is 6.42 Å². The van der Waals surface area contributed by atoms with E-state index in [0.717, 1.165) is 11.0 Å². The minimum atomic E-state index is 0.132. The molecule has 0 aromatic heterocycles. The van der Waals surface area contributed by atoms with Crippen molar-refractivity contribution >= 4 is 20.6 Å². The molecule has 2 heteroatoms. The molecule has 0 N–H and O–H groups in total. The van der Waals surface area contributed by atoms with E-state index in [-0.39, 0.29) is 6.04 Å². The molecule has 0 unspecified atom stereocenters. The molecule has 3 aromatic carbocycles. The van der Waals surface area contributed by atoms with E-state index >= 15 is 0 Å². The number of nitrogens with zero attached hydrogens (tertiary/aromatic N) is 1. The van der Waals surface area contributed by atoms with Crippen LogP contribution in [0.4, 0.5) is 0 Å². The summed E-state index contributed by atoms with van der Waals surface area (Å²) in [4.78, 5) is 4.88. The van der Waals surface area contributed by atoms with Crippen molar-refractivity contribution in [2.24, 2.45) is 4.99 Å². The van der Waals surface area contributed by atoms with E-state index in [2.05, 4.69) is 102 Å². The summed E-state index contributed by atoms with van der Waals surface area (Å²) in [5, 5.41) is 0. The van der Waals surface area contributed by atoms with Crippen LogP contribution < -0.4 is 0 Å². The number of benzene rings is 3. The molecular weight excluding hydrogens is 357 g/mol. The van der Waals surface area contributed by atoms with Gasteiger partial charge in [-0.25, -0.2) is 0 Å². The fraction of sp³-hybridized carbons (Fsp3) is 0.136. The first kappa shape index (κ1) is 16.7. The zero-order chi connectivity index (χ0) is 16.8. The molecule has 119 valence electrons. The normalized spacial score (nSPS) is 12.8. The molecule has 0 aliphatic heterocycles. The van der Waals surface area contributed by atoms with Gasteiger partial charge in [-0.15, -0.1) is 0 Å². The zero-order valence-corrected chi connectivity index (χ0v) is 15.4. The van der Waals surface area contributed by atoms with Gasteiger partial charge in [-0.2, -0.15) is 0 Å². The second-order valence-electron chi connectivity index (χ2n) is 5.84. The Morgan fingerprint density at radius 1 is 0.833 bits per heavy atom. The summed E-state index contributed by atoms with van der Waals surface area (Å²) in [6.45, 7) is 2.13. The summed E-state index contributed by atoms with van der Waals surface area (Å²) >= 11 is 3.17. The topological polar surface area (TPSA) is 12.4 Å². The first-order chi connectivity index (χ1) is 11.7. The Morgan fingerprint density at radius 3 is 2.12 bits per heavy atom. The third kappa shape index (κ3) is 4.23. The number of hydrogen-bond acceptors (Lipinski definition) is 1. The Hall–Kier alpha value is -2.15. The van der Waals surface area contributed by atoms with Crippen molar-refractivity contribution in [2.75, 3.05) is 0 Å². The Kier molecular flexibility index (Phi) is 5.63. The number of aliphatic imine (C=N–C) groups is 1. The van der Waals surface area contributed by atoms with Gasteiger partial charge in [0.05, 0.1) is 0 Å². The van der Waals surface area contributed by atoms with Gasteiger partial charge in [-0.05, 0) is 0 Å².